The highest BCUT2D eigenvalue weighted by atomic mass is 16.1. The molecule has 3 heterocycles. The summed E-state index contributed by atoms with van der Waals surface area (Å²) in [5.41, 5.74) is 2.53. The monoisotopic (exact) mass is 359 g/mol. The van der Waals surface area contributed by atoms with Crippen molar-refractivity contribution in [2.45, 2.75) is 19.9 Å². The van der Waals surface area contributed by atoms with Crippen LogP contribution in [0.5, 0.6) is 0 Å². The Hall–Kier alpha value is -3.68. The van der Waals surface area contributed by atoms with E-state index in [2.05, 4.69) is 30.5 Å². The van der Waals surface area contributed by atoms with Crippen molar-refractivity contribution in [3.63, 3.8) is 0 Å². The summed E-state index contributed by atoms with van der Waals surface area (Å²) in [6.07, 6.45) is 4.89. The second-order valence-electron chi connectivity index (χ2n) is 6.28. The number of nitrogens with zero attached hydrogens (tertiary/aromatic N) is 6. The molecule has 0 spiro atoms. The molecular formula is C19H17N7O. The fraction of sp³-hybridized carbons (Fsp3) is 0.158. The Morgan fingerprint density at radius 1 is 1.07 bits per heavy atom. The van der Waals surface area contributed by atoms with E-state index in [4.69, 9.17) is 0 Å². The van der Waals surface area contributed by atoms with Gasteiger partial charge in [-0.3, -0.25) is 14.8 Å². The predicted octanol–water partition coefficient (Wildman–Crippen LogP) is 3.12. The van der Waals surface area contributed by atoms with Gasteiger partial charge >= 0.3 is 0 Å². The molecule has 0 aliphatic heterocycles. The van der Waals surface area contributed by atoms with Gasteiger partial charge in [0.05, 0.1) is 11.0 Å². The number of aromatic nitrogens is 6. The predicted molar refractivity (Wildman–Crippen MR) is 101 cm³/mol. The zero-order valence-electron chi connectivity index (χ0n) is 14.9. The second-order valence-corrected chi connectivity index (χ2v) is 6.28. The number of hydrogen-bond acceptors (Lipinski definition) is 6. The zero-order chi connectivity index (χ0) is 18.8. The van der Waals surface area contributed by atoms with Gasteiger partial charge in [0.1, 0.15) is 17.8 Å². The molecule has 1 N–H and O–H groups in total. The van der Waals surface area contributed by atoms with Crippen LogP contribution in [-0.2, 0) is 0 Å². The topological polar surface area (TPSA) is 98.5 Å². The van der Waals surface area contributed by atoms with Crippen LogP contribution >= 0.6 is 0 Å². The molecule has 1 aromatic carbocycles. The average Bonchev–Trinajstić information content (AvgIpc) is 3.18. The van der Waals surface area contributed by atoms with Crippen molar-refractivity contribution in [1.29, 1.82) is 0 Å². The number of hydrogen-bond donors (Lipinski definition) is 1. The van der Waals surface area contributed by atoms with Crippen LogP contribution in [0.3, 0.4) is 0 Å². The lowest BCUT2D eigenvalue weighted by molar-refractivity contribution is 0.102. The van der Waals surface area contributed by atoms with Gasteiger partial charge in [-0.1, -0.05) is 6.07 Å². The Morgan fingerprint density at radius 3 is 2.70 bits per heavy atom. The van der Waals surface area contributed by atoms with Crippen LogP contribution in [0, 0.1) is 0 Å². The van der Waals surface area contributed by atoms with E-state index >= 15 is 0 Å². The summed E-state index contributed by atoms with van der Waals surface area (Å²) >= 11 is 0. The molecule has 134 valence electrons. The highest BCUT2D eigenvalue weighted by molar-refractivity contribution is 6.05. The number of rotatable bonds is 4. The lowest BCUT2D eigenvalue weighted by Crippen LogP contribution is -2.13. The van der Waals surface area contributed by atoms with E-state index in [1.54, 1.807) is 43.0 Å². The van der Waals surface area contributed by atoms with E-state index in [1.807, 2.05) is 30.5 Å². The number of carbonyl (C=O) groups is 1. The summed E-state index contributed by atoms with van der Waals surface area (Å²) in [6.45, 7) is 4.09. The number of benzene rings is 1. The van der Waals surface area contributed by atoms with Crippen LogP contribution in [0.1, 0.15) is 30.2 Å². The standard InChI is InChI=1S/C19H17N7O/c1-12(2)26-11-22-25-18(26)15-4-3-5-17(23-15)24-19(27)13-6-7-14-16(10-13)21-9-8-20-14/h3-12H,1-2H3,(H,23,24,27). The van der Waals surface area contributed by atoms with Gasteiger partial charge in [-0.2, -0.15) is 0 Å². The van der Waals surface area contributed by atoms with E-state index in [9.17, 15) is 4.79 Å². The highest BCUT2D eigenvalue weighted by Gasteiger charge is 2.13. The Morgan fingerprint density at radius 2 is 1.89 bits per heavy atom. The lowest BCUT2D eigenvalue weighted by Gasteiger charge is -2.10. The number of carbonyl (C=O) groups excluding carboxylic acids is 1. The minimum Gasteiger partial charge on any atom is -0.310 e. The van der Waals surface area contributed by atoms with Gasteiger partial charge in [-0.25, -0.2) is 4.98 Å². The molecule has 8 heteroatoms. The SMILES string of the molecule is CC(C)n1cnnc1-c1cccc(NC(=O)c2ccc3nccnc3c2)n1. The minimum absolute atomic E-state index is 0.203. The third-order valence-corrected chi connectivity index (χ3v) is 4.08. The van der Waals surface area contributed by atoms with Crippen LogP contribution in [0.15, 0.2) is 55.1 Å². The summed E-state index contributed by atoms with van der Waals surface area (Å²) in [5.74, 6) is 0.828. The Labute approximate surface area is 155 Å². The van der Waals surface area contributed by atoms with Gasteiger partial charge in [-0.15, -0.1) is 10.2 Å². The normalized spacial score (nSPS) is 11.1. The fourth-order valence-corrected chi connectivity index (χ4v) is 2.73. The third-order valence-electron chi connectivity index (χ3n) is 4.08. The first-order valence-electron chi connectivity index (χ1n) is 8.51. The Bertz CT molecular complexity index is 1120. The molecule has 27 heavy (non-hydrogen) atoms. The molecule has 0 unspecified atom stereocenters. The number of nitrogens with one attached hydrogen (secondary N) is 1. The van der Waals surface area contributed by atoms with Crippen LogP contribution in [-0.4, -0.2) is 35.6 Å². The summed E-state index contributed by atoms with van der Waals surface area (Å²) in [5, 5.41) is 10.9. The molecule has 0 bridgehead atoms. The molecule has 1 amide bonds. The summed E-state index contributed by atoms with van der Waals surface area (Å²) < 4.78 is 1.93. The molecule has 0 radical (unpaired) electrons. The average molecular weight is 359 g/mol. The van der Waals surface area contributed by atoms with Crippen LogP contribution in [0.4, 0.5) is 5.82 Å². The molecule has 3 aromatic heterocycles. The summed E-state index contributed by atoms with van der Waals surface area (Å²) in [7, 11) is 0. The van der Waals surface area contributed by atoms with Gasteiger partial charge < -0.3 is 9.88 Å². The molecular weight excluding hydrogens is 342 g/mol. The first-order valence-corrected chi connectivity index (χ1v) is 8.51. The summed E-state index contributed by atoms with van der Waals surface area (Å²) in [4.78, 5) is 25.5. The van der Waals surface area contributed by atoms with E-state index in [1.165, 1.54) is 0 Å². The van der Waals surface area contributed by atoms with Gasteiger partial charge in [0, 0.05) is 24.0 Å². The van der Waals surface area contributed by atoms with E-state index in [-0.39, 0.29) is 11.9 Å². The van der Waals surface area contributed by atoms with Crippen molar-refractivity contribution in [3.8, 4) is 11.5 Å². The van der Waals surface area contributed by atoms with Crippen molar-refractivity contribution in [1.82, 2.24) is 29.7 Å². The smallest absolute Gasteiger partial charge is 0.256 e. The number of anilines is 1. The van der Waals surface area contributed by atoms with Gasteiger partial charge in [0.25, 0.3) is 5.91 Å². The van der Waals surface area contributed by atoms with E-state index in [0.29, 0.717) is 28.4 Å². The van der Waals surface area contributed by atoms with Crippen LogP contribution < -0.4 is 5.32 Å². The first kappa shape index (κ1) is 16.8. The third kappa shape index (κ3) is 3.37. The Kier molecular flexibility index (Phi) is 4.29. The van der Waals surface area contributed by atoms with Crippen LogP contribution in [0.2, 0.25) is 0 Å². The number of fused-ring (bicyclic) bond motifs is 1. The molecule has 0 aliphatic carbocycles. The van der Waals surface area contributed by atoms with Gasteiger partial charge in [0.15, 0.2) is 5.82 Å². The van der Waals surface area contributed by atoms with Gasteiger partial charge in [-0.05, 0) is 44.2 Å². The number of amides is 1. The van der Waals surface area contributed by atoms with Crippen molar-refractivity contribution in [2.24, 2.45) is 0 Å². The second kappa shape index (κ2) is 6.91. The maximum absolute atomic E-state index is 12.6. The number of pyridine rings is 1. The van der Waals surface area contributed by atoms with E-state index in [0.717, 1.165) is 5.52 Å². The minimum atomic E-state index is -0.266. The van der Waals surface area contributed by atoms with Crippen LogP contribution in [0.25, 0.3) is 22.6 Å². The van der Waals surface area contributed by atoms with Gasteiger partial charge in [0.2, 0.25) is 0 Å². The van der Waals surface area contributed by atoms with Crippen molar-refractivity contribution in [3.05, 3.63) is 60.7 Å². The van der Waals surface area contributed by atoms with Crippen molar-refractivity contribution < 1.29 is 4.79 Å². The molecule has 0 atom stereocenters. The highest BCUT2D eigenvalue weighted by Crippen LogP contribution is 2.20. The summed E-state index contributed by atoms with van der Waals surface area (Å²) in [6, 6.07) is 10.8. The molecule has 0 fully saturated rings. The Balaban J connectivity index is 1.60. The molecule has 4 rings (SSSR count). The largest absolute Gasteiger partial charge is 0.310 e. The van der Waals surface area contributed by atoms with E-state index < -0.39 is 0 Å². The quantitative estimate of drug-likeness (QED) is 0.601. The molecule has 0 saturated carbocycles. The first-order chi connectivity index (χ1) is 13.1. The molecule has 4 aromatic rings. The zero-order valence-corrected chi connectivity index (χ0v) is 14.9. The maximum atomic E-state index is 12.6. The van der Waals surface area contributed by atoms with Crippen molar-refractivity contribution >= 4 is 22.8 Å². The molecule has 0 aliphatic rings. The lowest BCUT2D eigenvalue weighted by atomic mass is 10.2. The maximum Gasteiger partial charge on any atom is 0.256 e. The molecule has 0 saturated heterocycles. The fourth-order valence-electron chi connectivity index (χ4n) is 2.73. The molecule has 8 nitrogen and oxygen atoms in total. The van der Waals surface area contributed by atoms with Crippen molar-refractivity contribution in [2.75, 3.05) is 5.32 Å².